The highest BCUT2D eigenvalue weighted by Gasteiger charge is 2.18. The Kier molecular flexibility index (Phi) is 8.09. The average Bonchev–Trinajstić information content (AvgIpc) is 3.02. The van der Waals surface area contributed by atoms with Gasteiger partial charge in [-0.3, -0.25) is 4.79 Å². The maximum atomic E-state index is 11.6. The lowest BCUT2D eigenvalue weighted by molar-refractivity contribution is -0.127. The molecule has 1 aromatic rings. The lowest BCUT2D eigenvalue weighted by Crippen LogP contribution is -2.39. The van der Waals surface area contributed by atoms with Gasteiger partial charge in [0, 0.05) is 32.6 Å². The Balaban J connectivity index is 1.79. The maximum Gasteiger partial charge on any atom is 0.222 e. The minimum atomic E-state index is 0.287. The van der Waals surface area contributed by atoms with Crippen molar-refractivity contribution in [2.45, 2.75) is 39.7 Å². The fourth-order valence-electron chi connectivity index (χ4n) is 2.83. The van der Waals surface area contributed by atoms with Gasteiger partial charge in [-0.25, -0.2) is 4.99 Å². The van der Waals surface area contributed by atoms with Gasteiger partial charge in [0.1, 0.15) is 5.75 Å². The number of ether oxygens (including phenoxy) is 1. The molecule has 1 fully saturated rings. The second kappa shape index (κ2) is 10.6. The van der Waals surface area contributed by atoms with Gasteiger partial charge in [-0.1, -0.05) is 12.1 Å². The topological polar surface area (TPSA) is 66.0 Å². The van der Waals surface area contributed by atoms with Gasteiger partial charge in [0.15, 0.2) is 5.96 Å². The Labute approximate surface area is 150 Å². The van der Waals surface area contributed by atoms with E-state index in [2.05, 4.69) is 28.6 Å². The number of likely N-dealkylation sites (tertiary alicyclic amines) is 1. The molecule has 2 N–H and O–H groups in total. The molecule has 0 aromatic heterocycles. The van der Waals surface area contributed by atoms with Crippen LogP contribution in [0.3, 0.4) is 0 Å². The normalized spacial score (nSPS) is 14.7. The molecule has 1 aromatic carbocycles. The summed E-state index contributed by atoms with van der Waals surface area (Å²) in [5.41, 5.74) is 1.12. The van der Waals surface area contributed by atoms with Crippen LogP contribution < -0.4 is 15.4 Å². The zero-order chi connectivity index (χ0) is 17.9. The van der Waals surface area contributed by atoms with Crippen molar-refractivity contribution in [3.63, 3.8) is 0 Å². The number of nitrogens with zero attached hydrogens (tertiary/aromatic N) is 2. The highest BCUT2D eigenvalue weighted by molar-refractivity contribution is 5.79. The molecule has 25 heavy (non-hydrogen) atoms. The van der Waals surface area contributed by atoms with Crippen LogP contribution in [-0.2, 0) is 11.3 Å². The van der Waals surface area contributed by atoms with Crippen LogP contribution in [0, 0.1) is 0 Å². The summed E-state index contributed by atoms with van der Waals surface area (Å²) in [7, 11) is 0. The van der Waals surface area contributed by atoms with Gasteiger partial charge in [0.05, 0.1) is 13.2 Å². The molecule has 0 atom stereocenters. The zero-order valence-corrected chi connectivity index (χ0v) is 15.4. The molecule has 6 nitrogen and oxygen atoms in total. The number of carbonyl (C=O) groups is 1. The van der Waals surface area contributed by atoms with Crippen LogP contribution in [0.2, 0.25) is 0 Å². The predicted molar refractivity (Wildman–Crippen MR) is 101 cm³/mol. The lowest BCUT2D eigenvalue weighted by Gasteiger charge is -2.16. The highest BCUT2D eigenvalue weighted by atomic mass is 16.5. The summed E-state index contributed by atoms with van der Waals surface area (Å²) in [6.45, 7) is 8.63. The van der Waals surface area contributed by atoms with E-state index in [9.17, 15) is 4.79 Å². The Hall–Kier alpha value is -2.24. The first-order valence-electron chi connectivity index (χ1n) is 9.24. The molecule has 0 radical (unpaired) electrons. The maximum absolute atomic E-state index is 11.6. The van der Waals surface area contributed by atoms with Crippen molar-refractivity contribution < 1.29 is 9.53 Å². The van der Waals surface area contributed by atoms with Crippen molar-refractivity contribution in [2.24, 2.45) is 4.99 Å². The van der Waals surface area contributed by atoms with E-state index in [0.29, 0.717) is 19.6 Å². The zero-order valence-electron chi connectivity index (χ0n) is 15.4. The van der Waals surface area contributed by atoms with Gasteiger partial charge in [0.25, 0.3) is 0 Å². The Morgan fingerprint density at radius 3 is 2.92 bits per heavy atom. The van der Waals surface area contributed by atoms with E-state index in [0.717, 1.165) is 56.3 Å². The van der Waals surface area contributed by atoms with Gasteiger partial charge < -0.3 is 20.3 Å². The van der Waals surface area contributed by atoms with Crippen molar-refractivity contribution in [1.82, 2.24) is 15.5 Å². The molecular formula is C19H30N4O2. The number of guanidine groups is 1. The molecular weight excluding hydrogens is 316 g/mol. The Bertz CT molecular complexity index is 574. The van der Waals surface area contributed by atoms with Crippen LogP contribution in [0.4, 0.5) is 0 Å². The molecule has 0 spiro atoms. The third kappa shape index (κ3) is 6.64. The molecule has 138 valence electrons. The number of amides is 1. The third-order valence-corrected chi connectivity index (χ3v) is 4.04. The number of hydrogen-bond acceptors (Lipinski definition) is 3. The first kappa shape index (κ1) is 19.1. The quantitative estimate of drug-likeness (QED) is 0.408. The standard InChI is InChI=1S/C19H30N4O2/c1-3-20-19(21-11-7-13-23-12-6-10-18(23)24)22-15-16-8-5-9-17(14-16)25-4-2/h5,8-9,14H,3-4,6-7,10-13,15H2,1-2H3,(H2,20,21,22). The molecule has 0 saturated carbocycles. The van der Waals surface area contributed by atoms with Crippen LogP contribution in [-0.4, -0.2) is 49.6 Å². The summed E-state index contributed by atoms with van der Waals surface area (Å²) in [6, 6.07) is 8.02. The van der Waals surface area contributed by atoms with Crippen molar-refractivity contribution in [3.05, 3.63) is 29.8 Å². The lowest BCUT2D eigenvalue weighted by atomic mass is 10.2. The van der Waals surface area contributed by atoms with Gasteiger partial charge in [-0.15, -0.1) is 0 Å². The number of hydrogen-bond donors (Lipinski definition) is 2. The van der Waals surface area contributed by atoms with Crippen LogP contribution in [0.15, 0.2) is 29.3 Å². The molecule has 1 amide bonds. The molecule has 1 aliphatic heterocycles. The Morgan fingerprint density at radius 1 is 1.32 bits per heavy atom. The first-order chi connectivity index (χ1) is 12.2. The van der Waals surface area contributed by atoms with Gasteiger partial charge >= 0.3 is 0 Å². The summed E-state index contributed by atoms with van der Waals surface area (Å²) < 4.78 is 5.53. The van der Waals surface area contributed by atoms with E-state index in [1.165, 1.54) is 0 Å². The fraction of sp³-hybridized carbons (Fsp3) is 0.579. The van der Waals surface area contributed by atoms with Crippen molar-refractivity contribution in [2.75, 3.05) is 32.8 Å². The summed E-state index contributed by atoms with van der Waals surface area (Å²) in [4.78, 5) is 18.2. The van der Waals surface area contributed by atoms with Crippen LogP contribution in [0.5, 0.6) is 5.75 Å². The average molecular weight is 346 g/mol. The number of aliphatic imine (C=N–C) groups is 1. The predicted octanol–water partition coefficient (Wildman–Crippen LogP) is 2.15. The summed E-state index contributed by atoms with van der Waals surface area (Å²) >= 11 is 0. The van der Waals surface area contributed by atoms with Crippen molar-refractivity contribution in [3.8, 4) is 5.75 Å². The largest absolute Gasteiger partial charge is 0.494 e. The number of benzene rings is 1. The SMILES string of the molecule is CCNC(=NCc1cccc(OCC)c1)NCCCN1CCCC1=O. The van der Waals surface area contributed by atoms with Gasteiger partial charge in [-0.2, -0.15) is 0 Å². The molecule has 0 bridgehead atoms. The fourth-order valence-corrected chi connectivity index (χ4v) is 2.83. The number of rotatable bonds is 9. The smallest absolute Gasteiger partial charge is 0.222 e. The molecule has 0 unspecified atom stereocenters. The molecule has 1 saturated heterocycles. The van der Waals surface area contributed by atoms with E-state index in [4.69, 9.17) is 4.74 Å². The van der Waals surface area contributed by atoms with Crippen LogP contribution in [0.25, 0.3) is 0 Å². The highest BCUT2D eigenvalue weighted by Crippen LogP contribution is 2.14. The monoisotopic (exact) mass is 346 g/mol. The minimum Gasteiger partial charge on any atom is -0.494 e. The Morgan fingerprint density at radius 2 is 2.20 bits per heavy atom. The van der Waals surface area contributed by atoms with E-state index in [-0.39, 0.29) is 5.91 Å². The molecule has 1 aliphatic rings. The minimum absolute atomic E-state index is 0.287. The van der Waals surface area contributed by atoms with E-state index in [1.54, 1.807) is 0 Å². The van der Waals surface area contributed by atoms with Crippen LogP contribution in [0.1, 0.15) is 38.7 Å². The molecule has 1 heterocycles. The van der Waals surface area contributed by atoms with E-state index >= 15 is 0 Å². The van der Waals surface area contributed by atoms with E-state index in [1.807, 2.05) is 30.0 Å². The summed E-state index contributed by atoms with van der Waals surface area (Å²) in [6.07, 6.45) is 2.63. The van der Waals surface area contributed by atoms with Crippen LogP contribution >= 0.6 is 0 Å². The first-order valence-corrected chi connectivity index (χ1v) is 9.24. The third-order valence-electron chi connectivity index (χ3n) is 4.04. The molecule has 6 heteroatoms. The summed E-state index contributed by atoms with van der Waals surface area (Å²) in [5, 5.41) is 6.60. The second-order valence-corrected chi connectivity index (χ2v) is 6.04. The number of carbonyl (C=O) groups excluding carboxylic acids is 1. The van der Waals surface area contributed by atoms with Gasteiger partial charge in [0.2, 0.25) is 5.91 Å². The summed E-state index contributed by atoms with van der Waals surface area (Å²) in [5.74, 6) is 1.97. The van der Waals surface area contributed by atoms with Crippen molar-refractivity contribution >= 4 is 11.9 Å². The molecule has 2 rings (SSSR count). The second-order valence-electron chi connectivity index (χ2n) is 6.04. The molecule has 0 aliphatic carbocycles. The van der Waals surface area contributed by atoms with E-state index < -0.39 is 0 Å². The van der Waals surface area contributed by atoms with Crippen molar-refractivity contribution in [1.29, 1.82) is 0 Å². The van der Waals surface area contributed by atoms with Gasteiger partial charge in [-0.05, 0) is 44.4 Å². The number of nitrogens with one attached hydrogen (secondary N) is 2.